The van der Waals surface area contributed by atoms with Crippen LogP contribution in [0.1, 0.15) is 78.2 Å². The number of hydrogen-bond donors (Lipinski definition) is 0. The first kappa shape index (κ1) is 38.5. The van der Waals surface area contributed by atoms with Crippen LogP contribution in [-0.4, -0.2) is 134 Å². The van der Waals surface area contributed by atoms with Gasteiger partial charge < -0.3 is 19.4 Å². The van der Waals surface area contributed by atoms with Gasteiger partial charge in [-0.25, -0.2) is 26.3 Å². The second-order valence-electron chi connectivity index (χ2n) is 15.4. The zero-order chi connectivity index (χ0) is 35.2. The zero-order valence-corrected chi connectivity index (χ0v) is 30.6. The van der Waals surface area contributed by atoms with E-state index >= 15 is 0 Å². The first-order valence-electron chi connectivity index (χ1n) is 17.6. The lowest BCUT2D eigenvalue weighted by Crippen LogP contribution is -2.55. The summed E-state index contributed by atoms with van der Waals surface area (Å²) in [6, 6.07) is 3.89. The number of carbonyl (C=O) groups is 2. The average molecular weight is 698 g/mol. The van der Waals surface area contributed by atoms with Crippen molar-refractivity contribution in [3.8, 4) is 0 Å². The van der Waals surface area contributed by atoms with Crippen LogP contribution in [0.5, 0.6) is 0 Å². The summed E-state index contributed by atoms with van der Waals surface area (Å²) in [7, 11) is -3.27. The molecule has 0 bridgehead atoms. The Balaban J connectivity index is 1.31. The van der Waals surface area contributed by atoms with E-state index in [1.54, 1.807) is 4.90 Å². The molecule has 0 unspecified atom stereocenters. The topological polar surface area (TPSA) is 93.7 Å². The SMILES string of the molecule is CC(C)CN(C(=O)CN1CCN(C(=O)OC(C)(C)C)CC1)C1CCN(CC[C@@H](c2cc(F)cc(F)c2)C2CCN(S(C)(=O)=O)CC2)CC1. The fourth-order valence-corrected chi connectivity index (χ4v) is 8.27. The monoisotopic (exact) mass is 697 g/mol. The number of rotatable bonds is 11. The Labute approximate surface area is 286 Å². The van der Waals surface area contributed by atoms with Crippen LogP contribution < -0.4 is 0 Å². The van der Waals surface area contributed by atoms with Crippen LogP contribution in [-0.2, 0) is 19.6 Å². The van der Waals surface area contributed by atoms with Gasteiger partial charge in [0, 0.05) is 71.0 Å². The Morgan fingerprint density at radius 1 is 0.896 bits per heavy atom. The molecule has 3 fully saturated rings. The molecule has 1 aromatic carbocycles. The highest BCUT2D eigenvalue weighted by Crippen LogP contribution is 2.37. The number of nitrogens with zero attached hydrogens (tertiary/aromatic N) is 5. The highest BCUT2D eigenvalue weighted by Gasteiger charge is 2.34. The molecule has 0 N–H and O–H groups in total. The van der Waals surface area contributed by atoms with E-state index in [-0.39, 0.29) is 29.9 Å². The average Bonchev–Trinajstić information content (AvgIpc) is 2.99. The summed E-state index contributed by atoms with van der Waals surface area (Å²) in [5, 5.41) is 0. The van der Waals surface area contributed by atoms with Crippen LogP contribution in [0, 0.1) is 23.5 Å². The largest absolute Gasteiger partial charge is 0.444 e. The van der Waals surface area contributed by atoms with E-state index in [1.165, 1.54) is 22.7 Å². The third kappa shape index (κ3) is 11.3. The predicted octanol–water partition coefficient (Wildman–Crippen LogP) is 4.61. The molecule has 2 amide bonds. The predicted molar refractivity (Wildman–Crippen MR) is 183 cm³/mol. The fraction of sp³-hybridized carbons (Fsp3) is 0.771. The molecule has 48 heavy (non-hydrogen) atoms. The summed E-state index contributed by atoms with van der Waals surface area (Å²) in [6.45, 7) is 16.4. The van der Waals surface area contributed by atoms with Gasteiger partial charge in [0.15, 0.2) is 0 Å². The second-order valence-corrected chi connectivity index (χ2v) is 17.3. The Hall–Kier alpha value is -2.35. The van der Waals surface area contributed by atoms with Gasteiger partial charge in [-0.3, -0.25) is 9.69 Å². The first-order chi connectivity index (χ1) is 22.5. The van der Waals surface area contributed by atoms with E-state index < -0.39 is 27.3 Å². The summed E-state index contributed by atoms with van der Waals surface area (Å²) >= 11 is 0. The summed E-state index contributed by atoms with van der Waals surface area (Å²) in [6.07, 6.45) is 4.66. The van der Waals surface area contributed by atoms with Gasteiger partial charge in [0.05, 0.1) is 12.8 Å². The van der Waals surface area contributed by atoms with E-state index in [0.717, 1.165) is 45.0 Å². The van der Waals surface area contributed by atoms with Crippen LogP contribution in [0.25, 0.3) is 0 Å². The van der Waals surface area contributed by atoms with Gasteiger partial charge in [-0.05, 0) is 94.9 Å². The molecule has 1 atom stereocenters. The second kappa shape index (κ2) is 16.6. The van der Waals surface area contributed by atoms with Gasteiger partial charge in [0.2, 0.25) is 15.9 Å². The minimum absolute atomic E-state index is 0.0792. The molecule has 3 heterocycles. The molecule has 272 valence electrons. The van der Waals surface area contributed by atoms with Gasteiger partial charge in [0.1, 0.15) is 17.2 Å². The van der Waals surface area contributed by atoms with E-state index in [2.05, 4.69) is 28.5 Å². The smallest absolute Gasteiger partial charge is 0.410 e. The Bertz CT molecular complexity index is 1310. The Kier molecular flexibility index (Phi) is 13.3. The quantitative estimate of drug-likeness (QED) is 0.334. The van der Waals surface area contributed by atoms with Crippen molar-refractivity contribution in [2.24, 2.45) is 11.8 Å². The number of ether oxygens (including phenoxy) is 1. The summed E-state index contributed by atoms with van der Waals surface area (Å²) < 4.78 is 59.8. The third-order valence-corrected chi connectivity index (χ3v) is 11.2. The summed E-state index contributed by atoms with van der Waals surface area (Å²) in [5.74, 6) is -0.677. The molecule has 0 radical (unpaired) electrons. The molecule has 0 spiro atoms. The number of piperazine rings is 1. The fourth-order valence-electron chi connectivity index (χ4n) is 7.39. The first-order valence-corrected chi connectivity index (χ1v) is 19.5. The highest BCUT2D eigenvalue weighted by atomic mass is 32.2. The Morgan fingerprint density at radius 3 is 2.00 bits per heavy atom. The van der Waals surface area contributed by atoms with E-state index in [0.29, 0.717) is 76.7 Å². The van der Waals surface area contributed by atoms with Crippen molar-refractivity contribution in [3.63, 3.8) is 0 Å². The molecule has 10 nitrogen and oxygen atoms in total. The minimum Gasteiger partial charge on any atom is -0.444 e. The molecule has 0 aliphatic carbocycles. The van der Waals surface area contributed by atoms with Gasteiger partial charge in [-0.15, -0.1) is 0 Å². The van der Waals surface area contributed by atoms with Crippen molar-refractivity contribution in [2.75, 3.05) is 78.2 Å². The van der Waals surface area contributed by atoms with Gasteiger partial charge >= 0.3 is 6.09 Å². The maximum absolute atomic E-state index is 14.3. The molecule has 3 saturated heterocycles. The van der Waals surface area contributed by atoms with Crippen LogP contribution >= 0.6 is 0 Å². The normalized spacial score (nSPS) is 20.6. The van der Waals surface area contributed by atoms with Crippen molar-refractivity contribution < 1.29 is 31.5 Å². The van der Waals surface area contributed by atoms with Crippen molar-refractivity contribution in [2.45, 2.75) is 84.3 Å². The lowest BCUT2D eigenvalue weighted by molar-refractivity contribution is -0.136. The number of amides is 2. The maximum atomic E-state index is 14.3. The zero-order valence-electron chi connectivity index (χ0n) is 29.8. The van der Waals surface area contributed by atoms with Crippen molar-refractivity contribution in [3.05, 3.63) is 35.4 Å². The lowest BCUT2D eigenvalue weighted by atomic mass is 9.78. The molecular formula is C35H57F2N5O5S. The molecule has 0 saturated carbocycles. The summed E-state index contributed by atoms with van der Waals surface area (Å²) in [5.41, 5.74) is 0.0971. The molecular weight excluding hydrogens is 640 g/mol. The third-order valence-electron chi connectivity index (χ3n) is 9.87. The number of likely N-dealkylation sites (tertiary alicyclic amines) is 1. The molecule has 1 aromatic rings. The Morgan fingerprint density at radius 2 is 1.48 bits per heavy atom. The van der Waals surface area contributed by atoms with Crippen LogP contribution in [0.15, 0.2) is 18.2 Å². The molecule has 4 rings (SSSR count). The molecule has 0 aromatic heterocycles. The van der Waals surface area contributed by atoms with Crippen molar-refractivity contribution >= 4 is 22.0 Å². The lowest BCUT2D eigenvalue weighted by Gasteiger charge is -2.41. The van der Waals surface area contributed by atoms with Gasteiger partial charge in [-0.2, -0.15) is 0 Å². The van der Waals surface area contributed by atoms with Crippen molar-refractivity contribution in [1.29, 1.82) is 0 Å². The standard InChI is InChI=1S/C35H57F2N5O5S/c1-26(2)24-42(33(43)25-39-17-19-40(20-18-39)34(44)47-35(3,4)5)31-9-12-38(13-10-31)14-11-32(28-21-29(36)23-30(37)22-28)27-7-15-41(16-8-27)48(6,45)46/h21-23,26-27,31-32H,7-20,24-25H2,1-6H3/t32-/m1/s1. The van der Waals surface area contributed by atoms with Gasteiger partial charge in [-0.1, -0.05) is 13.8 Å². The maximum Gasteiger partial charge on any atom is 0.410 e. The van der Waals surface area contributed by atoms with E-state index in [9.17, 15) is 26.8 Å². The van der Waals surface area contributed by atoms with Gasteiger partial charge in [0.25, 0.3) is 0 Å². The molecule has 3 aliphatic rings. The van der Waals surface area contributed by atoms with Crippen molar-refractivity contribution in [1.82, 2.24) is 23.9 Å². The number of halogens is 2. The number of benzene rings is 1. The number of piperidine rings is 2. The van der Waals surface area contributed by atoms with E-state index in [1.807, 2.05) is 20.8 Å². The highest BCUT2D eigenvalue weighted by molar-refractivity contribution is 7.88. The molecule has 3 aliphatic heterocycles. The number of hydrogen-bond acceptors (Lipinski definition) is 7. The summed E-state index contributed by atoms with van der Waals surface area (Å²) in [4.78, 5) is 34.4. The van der Waals surface area contributed by atoms with Crippen LogP contribution in [0.3, 0.4) is 0 Å². The number of carbonyl (C=O) groups excluding carboxylic acids is 2. The van der Waals surface area contributed by atoms with E-state index in [4.69, 9.17) is 4.74 Å². The van der Waals surface area contributed by atoms with Crippen LogP contribution in [0.2, 0.25) is 0 Å². The molecule has 13 heteroatoms. The number of sulfonamides is 1. The van der Waals surface area contributed by atoms with Crippen LogP contribution in [0.4, 0.5) is 13.6 Å². The minimum atomic E-state index is -3.27.